The van der Waals surface area contributed by atoms with Crippen molar-refractivity contribution in [1.29, 1.82) is 0 Å². The standard InChI is InChI=1S/C12H18N2OS/c1-9(11-4-3-7-16-11)14(2)12(15)8-13-10-5-6-10/h3-4,7,9-10,13H,5-6,8H2,1-2H3. The molecule has 1 aliphatic rings. The van der Waals surface area contributed by atoms with Crippen molar-refractivity contribution < 1.29 is 4.79 Å². The van der Waals surface area contributed by atoms with Gasteiger partial charge < -0.3 is 10.2 Å². The molecule has 1 amide bonds. The number of carbonyl (C=O) groups excluding carboxylic acids is 1. The summed E-state index contributed by atoms with van der Waals surface area (Å²) in [4.78, 5) is 14.9. The first-order valence-electron chi connectivity index (χ1n) is 5.71. The van der Waals surface area contributed by atoms with Crippen molar-refractivity contribution in [3.05, 3.63) is 22.4 Å². The molecule has 1 saturated carbocycles. The Morgan fingerprint density at radius 1 is 1.69 bits per heavy atom. The second-order valence-corrected chi connectivity index (χ2v) is 5.33. The Balaban J connectivity index is 1.84. The third-order valence-electron chi connectivity index (χ3n) is 3.05. The van der Waals surface area contributed by atoms with Gasteiger partial charge >= 0.3 is 0 Å². The summed E-state index contributed by atoms with van der Waals surface area (Å²) < 4.78 is 0. The summed E-state index contributed by atoms with van der Waals surface area (Å²) in [7, 11) is 1.88. The van der Waals surface area contributed by atoms with Crippen molar-refractivity contribution in [2.24, 2.45) is 0 Å². The maximum Gasteiger partial charge on any atom is 0.236 e. The van der Waals surface area contributed by atoms with Crippen molar-refractivity contribution in [2.75, 3.05) is 13.6 Å². The number of amides is 1. The summed E-state index contributed by atoms with van der Waals surface area (Å²) in [6.45, 7) is 2.54. The molecule has 2 rings (SSSR count). The second-order valence-electron chi connectivity index (χ2n) is 4.35. The van der Waals surface area contributed by atoms with E-state index in [-0.39, 0.29) is 11.9 Å². The van der Waals surface area contributed by atoms with E-state index in [0.29, 0.717) is 12.6 Å². The van der Waals surface area contributed by atoms with Crippen LogP contribution in [0.3, 0.4) is 0 Å². The first-order valence-corrected chi connectivity index (χ1v) is 6.59. The third-order valence-corrected chi connectivity index (χ3v) is 4.09. The van der Waals surface area contributed by atoms with Crippen LogP contribution in [0.15, 0.2) is 17.5 Å². The molecule has 0 spiro atoms. The lowest BCUT2D eigenvalue weighted by atomic mass is 10.2. The largest absolute Gasteiger partial charge is 0.337 e. The average molecular weight is 238 g/mol. The highest BCUT2D eigenvalue weighted by Crippen LogP contribution is 2.23. The lowest BCUT2D eigenvalue weighted by molar-refractivity contribution is -0.130. The molecule has 0 saturated heterocycles. The monoisotopic (exact) mass is 238 g/mol. The molecule has 1 aromatic rings. The normalized spacial score (nSPS) is 17.1. The number of nitrogens with zero attached hydrogens (tertiary/aromatic N) is 1. The predicted molar refractivity (Wildman–Crippen MR) is 66.5 cm³/mol. The molecular formula is C12H18N2OS. The van der Waals surface area contributed by atoms with Gasteiger partial charge in [-0.2, -0.15) is 0 Å². The van der Waals surface area contributed by atoms with E-state index in [1.54, 1.807) is 11.3 Å². The minimum absolute atomic E-state index is 0.174. The summed E-state index contributed by atoms with van der Waals surface area (Å²) >= 11 is 1.70. The van der Waals surface area contributed by atoms with Gasteiger partial charge in [-0.15, -0.1) is 11.3 Å². The fourth-order valence-electron chi connectivity index (χ4n) is 1.58. The maximum atomic E-state index is 11.9. The van der Waals surface area contributed by atoms with Gasteiger partial charge in [0.1, 0.15) is 0 Å². The summed E-state index contributed by atoms with van der Waals surface area (Å²) in [6, 6.07) is 4.87. The van der Waals surface area contributed by atoms with Gasteiger partial charge in [-0.3, -0.25) is 4.79 Å². The molecule has 16 heavy (non-hydrogen) atoms. The maximum absolute atomic E-state index is 11.9. The van der Waals surface area contributed by atoms with Gasteiger partial charge in [0.2, 0.25) is 5.91 Å². The highest BCUT2D eigenvalue weighted by molar-refractivity contribution is 7.10. The van der Waals surface area contributed by atoms with Crippen LogP contribution in [-0.2, 0) is 4.79 Å². The van der Waals surface area contributed by atoms with Gasteiger partial charge in [0, 0.05) is 18.0 Å². The van der Waals surface area contributed by atoms with Crippen LogP contribution in [0.1, 0.15) is 30.7 Å². The number of hydrogen-bond donors (Lipinski definition) is 1. The van der Waals surface area contributed by atoms with Gasteiger partial charge in [-0.05, 0) is 31.2 Å². The Morgan fingerprint density at radius 3 is 3.00 bits per heavy atom. The number of likely N-dealkylation sites (N-methyl/N-ethyl adjacent to an activating group) is 1. The number of hydrogen-bond acceptors (Lipinski definition) is 3. The van der Waals surface area contributed by atoms with Crippen LogP contribution in [0.2, 0.25) is 0 Å². The van der Waals surface area contributed by atoms with E-state index >= 15 is 0 Å². The van der Waals surface area contributed by atoms with Gasteiger partial charge in [-0.1, -0.05) is 6.07 Å². The zero-order valence-electron chi connectivity index (χ0n) is 9.77. The summed E-state index contributed by atoms with van der Waals surface area (Å²) in [5.41, 5.74) is 0. The Bertz CT molecular complexity index is 346. The molecule has 3 nitrogen and oxygen atoms in total. The van der Waals surface area contributed by atoms with Gasteiger partial charge in [0.15, 0.2) is 0 Å². The molecule has 1 unspecified atom stereocenters. The Hall–Kier alpha value is -0.870. The van der Waals surface area contributed by atoms with Crippen LogP contribution < -0.4 is 5.32 Å². The molecule has 0 radical (unpaired) electrons. The minimum atomic E-state index is 0.174. The number of rotatable bonds is 5. The first-order chi connectivity index (χ1) is 7.68. The summed E-state index contributed by atoms with van der Waals surface area (Å²) in [5, 5.41) is 5.30. The van der Waals surface area contributed by atoms with Crippen molar-refractivity contribution in [2.45, 2.75) is 31.8 Å². The Kier molecular flexibility index (Phi) is 3.61. The molecule has 88 valence electrons. The minimum Gasteiger partial charge on any atom is -0.337 e. The number of nitrogens with one attached hydrogen (secondary N) is 1. The fourth-order valence-corrected chi connectivity index (χ4v) is 2.41. The third kappa shape index (κ3) is 2.83. The van der Waals surface area contributed by atoms with Crippen LogP contribution in [0.25, 0.3) is 0 Å². The highest BCUT2D eigenvalue weighted by Gasteiger charge is 2.23. The van der Waals surface area contributed by atoms with Crippen LogP contribution in [0.5, 0.6) is 0 Å². The van der Waals surface area contributed by atoms with E-state index in [2.05, 4.69) is 18.3 Å². The highest BCUT2D eigenvalue weighted by atomic mass is 32.1. The lowest BCUT2D eigenvalue weighted by Crippen LogP contribution is -2.37. The molecule has 1 fully saturated rings. The van der Waals surface area contributed by atoms with Crippen LogP contribution in [0, 0.1) is 0 Å². The Labute approximate surface area is 100 Å². The van der Waals surface area contributed by atoms with E-state index in [4.69, 9.17) is 0 Å². The van der Waals surface area contributed by atoms with Crippen molar-refractivity contribution >= 4 is 17.2 Å². The zero-order chi connectivity index (χ0) is 11.5. The number of thiophene rings is 1. The molecule has 1 aromatic heterocycles. The topological polar surface area (TPSA) is 32.3 Å². The zero-order valence-corrected chi connectivity index (χ0v) is 10.6. The predicted octanol–water partition coefficient (Wildman–Crippen LogP) is 2.02. The van der Waals surface area contributed by atoms with Gasteiger partial charge in [0.05, 0.1) is 12.6 Å². The van der Waals surface area contributed by atoms with Crippen LogP contribution in [0.4, 0.5) is 0 Å². The van der Waals surface area contributed by atoms with Crippen LogP contribution >= 0.6 is 11.3 Å². The first kappa shape index (κ1) is 11.6. The summed E-state index contributed by atoms with van der Waals surface area (Å²) in [5.74, 6) is 0.174. The lowest BCUT2D eigenvalue weighted by Gasteiger charge is -2.24. The smallest absolute Gasteiger partial charge is 0.236 e. The van der Waals surface area contributed by atoms with E-state index in [1.165, 1.54) is 17.7 Å². The molecule has 0 aromatic carbocycles. The molecule has 4 heteroatoms. The SMILES string of the molecule is CC(c1cccs1)N(C)C(=O)CNC1CC1. The molecular weight excluding hydrogens is 220 g/mol. The molecule has 0 bridgehead atoms. The second kappa shape index (κ2) is 4.97. The molecule has 1 N–H and O–H groups in total. The van der Waals surface area contributed by atoms with Crippen molar-refractivity contribution in [1.82, 2.24) is 10.2 Å². The van der Waals surface area contributed by atoms with Crippen molar-refractivity contribution in [3.63, 3.8) is 0 Å². The molecule has 1 atom stereocenters. The average Bonchev–Trinajstić information content (AvgIpc) is 2.96. The summed E-state index contributed by atoms with van der Waals surface area (Å²) in [6.07, 6.45) is 2.44. The van der Waals surface area contributed by atoms with Gasteiger partial charge in [0.25, 0.3) is 0 Å². The van der Waals surface area contributed by atoms with E-state index in [1.807, 2.05) is 23.4 Å². The Morgan fingerprint density at radius 2 is 2.44 bits per heavy atom. The van der Waals surface area contributed by atoms with E-state index in [0.717, 1.165) is 0 Å². The molecule has 1 aliphatic carbocycles. The fraction of sp³-hybridized carbons (Fsp3) is 0.583. The van der Waals surface area contributed by atoms with Crippen LogP contribution in [-0.4, -0.2) is 30.4 Å². The molecule has 1 heterocycles. The number of carbonyl (C=O) groups is 1. The van der Waals surface area contributed by atoms with E-state index in [9.17, 15) is 4.79 Å². The molecule has 0 aliphatic heterocycles. The van der Waals surface area contributed by atoms with E-state index < -0.39 is 0 Å². The quantitative estimate of drug-likeness (QED) is 0.851. The van der Waals surface area contributed by atoms with Crippen molar-refractivity contribution in [3.8, 4) is 0 Å². The van der Waals surface area contributed by atoms with Gasteiger partial charge in [-0.25, -0.2) is 0 Å².